The number of allylic oxidation sites excluding steroid dienone is 2. The second-order valence-electron chi connectivity index (χ2n) is 6.96. The largest absolute Gasteiger partial charge is 0.430 e. The topological polar surface area (TPSA) is 43.4 Å². The number of esters is 1. The smallest absolute Gasteiger partial charge is 0.320 e. The van der Waals surface area contributed by atoms with Crippen molar-refractivity contribution in [1.29, 1.82) is 0 Å². The number of carbonyl (C=O) groups excluding carboxylic acids is 2. The Morgan fingerprint density at radius 1 is 1.26 bits per heavy atom. The summed E-state index contributed by atoms with van der Waals surface area (Å²) >= 11 is 1.42. The third-order valence-electron chi connectivity index (χ3n) is 3.99. The minimum Gasteiger partial charge on any atom is -0.430 e. The second-order valence-corrected chi connectivity index (χ2v) is 7.83. The molecule has 1 aliphatic rings. The standard InChI is InChI=1S/C19H24O3S/c1-12-6-7-14(13(2)8-12)18-15(20)9-19(3,4)10-16(18)22-17(21)11-23-5/h6-8H,9-11H2,1-5H3. The van der Waals surface area contributed by atoms with Crippen LogP contribution < -0.4 is 0 Å². The third-order valence-corrected chi connectivity index (χ3v) is 4.51. The van der Waals surface area contributed by atoms with Crippen LogP contribution in [0.5, 0.6) is 0 Å². The number of rotatable bonds is 4. The quantitative estimate of drug-likeness (QED) is 0.771. The van der Waals surface area contributed by atoms with Crippen LogP contribution in [0.2, 0.25) is 0 Å². The fourth-order valence-electron chi connectivity index (χ4n) is 3.03. The first-order chi connectivity index (χ1) is 10.7. The molecule has 3 nitrogen and oxygen atoms in total. The van der Waals surface area contributed by atoms with Gasteiger partial charge in [0.05, 0.1) is 11.3 Å². The van der Waals surface area contributed by atoms with E-state index in [-0.39, 0.29) is 22.9 Å². The molecule has 0 N–H and O–H groups in total. The number of Topliss-reactive ketones (excluding diaryl/α,β-unsaturated/α-hetero) is 1. The SMILES string of the molecule is CSCC(=O)OC1=C(c2ccc(C)cc2C)C(=O)CC(C)(C)C1. The first-order valence-corrected chi connectivity index (χ1v) is 9.16. The molecule has 23 heavy (non-hydrogen) atoms. The van der Waals surface area contributed by atoms with Crippen molar-refractivity contribution in [3.8, 4) is 0 Å². The van der Waals surface area contributed by atoms with E-state index in [1.165, 1.54) is 11.8 Å². The van der Waals surface area contributed by atoms with Gasteiger partial charge in [0.25, 0.3) is 0 Å². The van der Waals surface area contributed by atoms with Crippen molar-refractivity contribution in [3.05, 3.63) is 40.6 Å². The Hall–Kier alpha value is -1.55. The maximum atomic E-state index is 12.7. The Bertz CT molecular complexity index is 671. The van der Waals surface area contributed by atoms with E-state index in [0.717, 1.165) is 16.7 Å². The molecular formula is C19H24O3S. The Morgan fingerprint density at radius 2 is 1.96 bits per heavy atom. The van der Waals surface area contributed by atoms with Crippen LogP contribution in [0.15, 0.2) is 24.0 Å². The van der Waals surface area contributed by atoms with Gasteiger partial charge >= 0.3 is 5.97 Å². The summed E-state index contributed by atoms with van der Waals surface area (Å²) in [7, 11) is 0. The number of carbonyl (C=O) groups is 2. The van der Waals surface area contributed by atoms with E-state index >= 15 is 0 Å². The van der Waals surface area contributed by atoms with E-state index in [9.17, 15) is 9.59 Å². The Labute approximate surface area is 142 Å². The van der Waals surface area contributed by atoms with Crippen molar-refractivity contribution < 1.29 is 14.3 Å². The number of ether oxygens (including phenoxy) is 1. The molecule has 0 fully saturated rings. The van der Waals surface area contributed by atoms with Gasteiger partial charge in [-0.05, 0) is 36.6 Å². The van der Waals surface area contributed by atoms with Gasteiger partial charge in [0.1, 0.15) is 5.76 Å². The first kappa shape index (κ1) is 17.8. The third kappa shape index (κ3) is 4.25. The number of ketones is 1. The molecule has 124 valence electrons. The van der Waals surface area contributed by atoms with Gasteiger partial charge in [-0.1, -0.05) is 37.6 Å². The summed E-state index contributed by atoms with van der Waals surface area (Å²) in [6.45, 7) is 8.08. The van der Waals surface area contributed by atoms with Gasteiger partial charge in [0.15, 0.2) is 5.78 Å². The monoisotopic (exact) mass is 332 g/mol. The molecule has 1 aromatic rings. The molecule has 0 bridgehead atoms. The minimum atomic E-state index is -0.291. The lowest BCUT2D eigenvalue weighted by molar-refractivity contribution is -0.137. The summed E-state index contributed by atoms with van der Waals surface area (Å²) in [6.07, 6.45) is 2.93. The molecule has 2 rings (SSSR count). The molecule has 1 aromatic carbocycles. The fraction of sp³-hybridized carbons (Fsp3) is 0.474. The lowest BCUT2D eigenvalue weighted by Gasteiger charge is -2.31. The lowest BCUT2D eigenvalue weighted by Crippen LogP contribution is -2.27. The van der Waals surface area contributed by atoms with Crippen LogP contribution in [-0.2, 0) is 14.3 Å². The van der Waals surface area contributed by atoms with Gasteiger partial charge in [-0.25, -0.2) is 0 Å². The van der Waals surface area contributed by atoms with Crippen molar-refractivity contribution in [2.75, 3.05) is 12.0 Å². The molecule has 0 aliphatic heterocycles. The summed E-state index contributed by atoms with van der Waals surface area (Å²) in [5.41, 5.74) is 3.45. The molecule has 0 saturated carbocycles. The van der Waals surface area contributed by atoms with Gasteiger partial charge in [-0.15, -0.1) is 0 Å². The van der Waals surface area contributed by atoms with Crippen molar-refractivity contribution in [3.63, 3.8) is 0 Å². The van der Waals surface area contributed by atoms with Crippen molar-refractivity contribution in [1.82, 2.24) is 0 Å². The van der Waals surface area contributed by atoms with Gasteiger partial charge in [0, 0.05) is 12.8 Å². The highest BCUT2D eigenvalue weighted by atomic mass is 32.2. The maximum absolute atomic E-state index is 12.7. The summed E-state index contributed by atoms with van der Waals surface area (Å²) in [5.74, 6) is 0.579. The highest BCUT2D eigenvalue weighted by Crippen LogP contribution is 2.41. The van der Waals surface area contributed by atoms with Crippen LogP contribution in [0, 0.1) is 19.3 Å². The van der Waals surface area contributed by atoms with E-state index in [1.807, 2.05) is 46.1 Å². The predicted octanol–water partition coefficient (Wildman–Crippen LogP) is 4.31. The van der Waals surface area contributed by atoms with Gasteiger partial charge in [-0.2, -0.15) is 11.8 Å². The highest BCUT2D eigenvalue weighted by molar-refractivity contribution is 7.99. The molecule has 0 unspecified atom stereocenters. The summed E-state index contributed by atoms with van der Waals surface area (Å²) in [6, 6.07) is 6.00. The van der Waals surface area contributed by atoms with Crippen LogP contribution in [0.25, 0.3) is 5.57 Å². The van der Waals surface area contributed by atoms with Crippen LogP contribution in [-0.4, -0.2) is 23.8 Å². The predicted molar refractivity (Wildman–Crippen MR) is 95.3 cm³/mol. The van der Waals surface area contributed by atoms with Crippen molar-refractivity contribution >= 4 is 29.1 Å². The van der Waals surface area contributed by atoms with Crippen molar-refractivity contribution in [2.45, 2.75) is 40.5 Å². The lowest BCUT2D eigenvalue weighted by atomic mass is 9.74. The molecule has 1 aliphatic carbocycles. The Balaban J connectivity index is 2.52. The molecule has 0 saturated heterocycles. The number of hydrogen-bond donors (Lipinski definition) is 0. The number of aryl methyl sites for hydroxylation is 2. The summed E-state index contributed by atoms with van der Waals surface area (Å²) in [4.78, 5) is 24.7. The van der Waals surface area contributed by atoms with E-state index in [0.29, 0.717) is 24.2 Å². The molecule has 0 spiro atoms. The molecular weight excluding hydrogens is 308 g/mol. The molecule has 0 radical (unpaired) electrons. The number of benzene rings is 1. The average Bonchev–Trinajstić information content (AvgIpc) is 2.39. The zero-order valence-corrected chi connectivity index (χ0v) is 15.3. The summed E-state index contributed by atoms with van der Waals surface area (Å²) < 4.78 is 5.59. The maximum Gasteiger partial charge on any atom is 0.320 e. The van der Waals surface area contributed by atoms with Crippen molar-refractivity contribution in [2.24, 2.45) is 5.41 Å². The van der Waals surface area contributed by atoms with E-state index in [1.54, 1.807) is 0 Å². The average molecular weight is 332 g/mol. The van der Waals surface area contributed by atoms with Crippen LogP contribution in [0.4, 0.5) is 0 Å². The second kappa shape index (κ2) is 6.91. The molecule has 0 amide bonds. The number of thioether (sulfide) groups is 1. The van der Waals surface area contributed by atoms with Gasteiger partial charge < -0.3 is 4.74 Å². The molecule has 0 atom stereocenters. The normalized spacial score (nSPS) is 17.3. The number of hydrogen-bond acceptors (Lipinski definition) is 4. The Kier molecular flexibility index (Phi) is 5.35. The van der Waals surface area contributed by atoms with E-state index in [2.05, 4.69) is 6.07 Å². The molecule has 0 aromatic heterocycles. The van der Waals surface area contributed by atoms with E-state index < -0.39 is 0 Å². The highest BCUT2D eigenvalue weighted by Gasteiger charge is 2.36. The van der Waals surface area contributed by atoms with Crippen LogP contribution >= 0.6 is 11.8 Å². The fourth-order valence-corrected chi connectivity index (χ4v) is 3.33. The first-order valence-electron chi connectivity index (χ1n) is 7.77. The zero-order valence-electron chi connectivity index (χ0n) is 14.5. The minimum absolute atomic E-state index is 0.0557. The van der Waals surface area contributed by atoms with Crippen LogP contribution in [0.3, 0.4) is 0 Å². The van der Waals surface area contributed by atoms with Crippen LogP contribution in [0.1, 0.15) is 43.4 Å². The Morgan fingerprint density at radius 3 is 2.57 bits per heavy atom. The van der Waals surface area contributed by atoms with Gasteiger partial charge in [-0.3, -0.25) is 9.59 Å². The molecule has 0 heterocycles. The summed E-state index contributed by atoms with van der Waals surface area (Å²) in [5, 5.41) is 0. The van der Waals surface area contributed by atoms with Gasteiger partial charge in [0.2, 0.25) is 0 Å². The van der Waals surface area contributed by atoms with E-state index in [4.69, 9.17) is 4.74 Å². The zero-order chi connectivity index (χ0) is 17.2. The molecule has 4 heteroatoms.